The van der Waals surface area contributed by atoms with Crippen molar-refractivity contribution in [2.75, 3.05) is 7.05 Å². The second-order valence-corrected chi connectivity index (χ2v) is 7.26. The topological polar surface area (TPSA) is 80.5 Å². The van der Waals surface area contributed by atoms with Gasteiger partial charge in [0.1, 0.15) is 0 Å². The highest BCUT2D eigenvalue weighted by Gasteiger charge is 2.24. The first kappa shape index (κ1) is 18.0. The maximum Gasteiger partial charge on any atom is 0.273 e. The summed E-state index contributed by atoms with van der Waals surface area (Å²) < 4.78 is 52.1. The predicted molar refractivity (Wildman–Crippen MR) is 82.8 cm³/mol. The normalized spacial score (nSPS) is 11.7. The molecule has 0 atom stereocenters. The Hall–Kier alpha value is -2.39. The van der Waals surface area contributed by atoms with Crippen molar-refractivity contribution in [2.45, 2.75) is 18.4 Å². The highest BCUT2D eigenvalue weighted by Crippen LogP contribution is 2.25. The second kappa shape index (κ2) is 6.62. The van der Waals surface area contributed by atoms with Crippen LogP contribution in [0.25, 0.3) is 0 Å². The molecule has 0 aliphatic carbocycles. The summed E-state index contributed by atoms with van der Waals surface area (Å²) in [6, 6.07) is 6.66. The van der Waals surface area contributed by atoms with E-state index in [4.69, 9.17) is 0 Å². The third-order valence-corrected chi connectivity index (χ3v) is 5.27. The van der Waals surface area contributed by atoms with Gasteiger partial charge >= 0.3 is 0 Å². The van der Waals surface area contributed by atoms with Gasteiger partial charge in [-0.1, -0.05) is 12.1 Å². The number of hydrogen-bond acceptors (Lipinski definition) is 4. The summed E-state index contributed by atoms with van der Waals surface area (Å²) in [7, 11) is -2.77. The first-order valence-corrected chi connectivity index (χ1v) is 8.22. The highest BCUT2D eigenvalue weighted by molar-refractivity contribution is 7.89. The molecule has 9 heteroatoms. The average Bonchev–Trinajstić information content (AvgIpc) is 2.50. The minimum atomic E-state index is -4.02. The molecule has 0 spiro atoms. The van der Waals surface area contributed by atoms with Crippen LogP contribution in [0.5, 0.6) is 0 Å². The molecule has 128 valence electrons. The molecule has 0 aliphatic rings. The lowest BCUT2D eigenvalue weighted by molar-refractivity contribution is -0.385. The molecule has 0 amide bonds. The van der Waals surface area contributed by atoms with Crippen LogP contribution in [0.4, 0.5) is 14.5 Å². The molecule has 0 fully saturated rings. The van der Waals surface area contributed by atoms with Gasteiger partial charge in [-0.15, -0.1) is 0 Å². The Morgan fingerprint density at radius 2 is 1.79 bits per heavy atom. The first-order valence-electron chi connectivity index (χ1n) is 6.78. The Balaban J connectivity index is 2.34. The van der Waals surface area contributed by atoms with Crippen LogP contribution in [0.2, 0.25) is 0 Å². The van der Waals surface area contributed by atoms with E-state index in [9.17, 15) is 27.3 Å². The summed E-state index contributed by atoms with van der Waals surface area (Å²) in [5.41, 5.74) is 0.279. The van der Waals surface area contributed by atoms with Gasteiger partial charge in [-0.2, -0.15) is 4.31 Å². The largest absolute Gasteiger partial charge is 0.273 e. The Bertz CT molecular complexity index is 900. The van der Waals surface area contributed by atoms with E-state index in [2.05, 4.69) is 0 Å². The summed E-state index contributed by atoms with van der Waals surface area (Å²) in [4.78, 5) is 10.0. The number of sulfonamides is 1. The quantitative estimate of drug-likeness (QED) is 0.609. The van der Waals surface area contributed by atoms with Gasteiger partial charge in [0.05, 0.1) is 9.82 Å². The molecule has 2 rings (SSSR count). The third-order valence-electron chi connectivity index (χ3n) is 3.47. The van der Waals surface area contributed by atoms with Crippen LogP contribution in [0.3, 0.4) is 0 Å². The van der Waals surface area contributed by atoms with Gasteiger partial charge < -0.3 is 0 Å². The average molecular weight is 356 g/mol. The maximum atomic E-state index is 13.2. The molecule has 0 N–H and O–H groups in total. The number of nitro groups is 1. The molecule has 0 aromatic heterocycles. The Morgan fingerprint density at radius 3 is 2.38 bits per heavy atom. The van der Waals surface area contributed by atoms with E-state index in [0.717, 1.165) is 22.5 Å². The molecule has 6 nitrogen and oxygen atoms in total. The SMILES string of the molecule is Cc1ccc(S(=O)(=O)N(C)Cc2ccc(F)c(F)c2)cc1[N+](=O)[O-]. The van der Waals surface area contributed by atoms with E-state index in [1.54, 1.807) is 0 Å². The van der Waals surface area contributed by atoms with E-state index in [-0.39, 0.29) is 22.7 Å². The lowest BCUT2D eigenvalue weighted by Gasteiger charge is -2.17. The minimum Gasteiger partial charge on any atom is -0.258 e. The highest BCUT2D eigenvalue weighted by atomic mass is 32.2. The minimum absolute atomic E-state index is 0.207. The lowest BCUT2D eigenvalue weighted by Crippen LogP contribution is -2.26. The van der Waals surface area contributed by atoms with Crippen molar-refractivity contribution >= 4 is 15.7 Å². The van der Waals surface area contributed by atoms with Crippen LogP contribution in [-0.2, 0) is 16.6 Å². The summed E-state index contributed by atoms with van der Waals surface area (Å²) in [5, 5.41) is 11.0. The Labute approximate surface area is 137 Å². The molecule has 24 heavy (non-hydrogen) atoms. The van der Waals surface area contributed by atoms with E-state index in [0.29, 0.717) is 5.56 Å². The molecular weight excluding hydrogens is 342 g/mol. The third kappa shape index (κ3) is 3.57. The monoisotopic (exact) mass is 356 g/mol. The van der Waals surface area contributed by atoms with E-state index in [1.807, 2.05) is 0 Å². The van der Waals surface area contributed by atoms with Crippen molar-refractivity contribution < 1.29 is 22.1 Å². The van der Waals surface area contributed by atoms with E-state index >= 15 is 0 Å². The summed E-state index contributed by atoms with van der Waals surface area (Å²) in [6.07, 6.45) is 0. The molecule has 0 saturated heterocycles. The van der Waals surface area contributed by atoms with Crippen molar-refractivity contribution in [3.63, 3.8) is 0 Å². The van der Waals surface area contributed by atoms with Crippen LogP contribution >= 0.6 is 0 Å². The van der Waals surface area contributed by atoms with Crippen LogP contribution in [0, 0.1) is 28.7 Å². The number of nitrogens with zero attached hydrogens (tertiary/aromatic N) is 2. The number of rotatable bonds is 5. The first-order chi connectivity index (χ1) is 11.1. The van der Waals surface area contributed by atoms with Crippen LogP contribution in [0.1, 0.15) is 11.1 Å². The van der Waals surface area contributed by atoms with Crippen LogP contribution in [0.15, 0.2) is 41.3 Å². The Kier molecular flexibility index (Phi) is 4.95. The van der Waals surface area contributed by atoms with E-state index in [1.165, 1.54) is 32.2 Å². The van der Waals surface area contributed by atoms with Crippen LogP contribution in [-0.4, -0.2) is 24.7 Å². The van der Waals surface area contributed by atoms with Crippen molar-refractivity contribution in [3.05, 3.63) is 69.3 Å². The fraction of sp³-hybridized carbons (Fsp3) is 0.200. The molecule has 0 saturated carbocycles. The van der Waals surface area contributed by atoms with Crippen LogP contribution < -0.4 is 0 Å². The van der Waals surface area contributed by atoms with Gasteiger partial charge in [0, 0.05) is 25.2 Å². The van der Waals surface area contributed by atoms with Crippen molar-refractivity contribution in [3.8, 4) is 0 Å². The zero-order chi connectivity index (χ0) is 18.1. The zero-order valence-electron chi connectivity index (χ0n) is 12.9. The summed E-state index contributed by atoms with van der Waals surface area (Å²) >= 11 is 0. The number of hydrogen-bond donors (Lipinski definition) is 0. The van der Waals surface area contributed by atoms with Crippen molar-refractivity contribution in [1.29, 1.82) is 0 Å². The maximum absolute atomic E-state index is 13.2. The number of aryl methyl sites for hydroxylation is 1. The van der Waals surface area contributed by atoms with Gasteiger partial charge in [-0.25, -0.2) is 17.2 Å². The van der Waals surface area contributed by atoms with Gasteiger partial charge in [-0.3, -0.25) is 10.1 Å². The lowest BCUT2D eigenvalue weighted by atomic mass is 10.2. The zero-order valence-corrected chi connectivity index (χ0v) is 13.7. The molecule has 0 radical (unpaired) electrons. The van der Waals surface area contributed by atoms with Gasteiger partial charge in [0.2, 0.25) is 10.0 Å². The van der Waals surface area contributed by atoms with E-state index < -0.39 is 26.6 Å². The van der Waals surface area contributed by atoms with Crippen molar-refractivity contribution in [1.82, 2.24) is 4.31 Å². The fourth-order valence-corrected chi connectivity index (χ4v) is 3.29. The molecule has 2 aromatic carbocycles. The van der Waals surface area contributed by atoms with Gasteiger partial charge in [0.15, 0.2) is 11.6 Å². The number of benzene rings is 2. The second-order valence-electron chi connectivity index (χ2n) is 5.21. The molecule has 0 heterocycles. The molecule has 0 unspecified atom stereocenters. The number of halogens is 2. The smallest absolute Gasteiger partial charge is 0.258 e. The van der Waals surface area contributed by atoms with Gasteiger partial charge in [0.25, 0.3) is 5.69 Å². The standard InChI is InChI=1S/C15H14F2N2O4S/c1-10-3-5-12(8-15(10)19(20)21)24(22,23)18(2)9-11-4-6-13(16)14(17)7-11/h3-8H,9H2,1-2H3. The Morgan fingerprint density at radius 1 is 1.12 bits per heavy atom. The summed E-state index contributed by atoms with van der Waals surface area (Å²) in [5.74, 6) is -2.11. The molecule has 2 aromatic rings. The van der Waals surface area contributed by atoms with Gasteiger partial charge in [-0.05, 0) is 30.7 Å². The molecule has 0 bridgehead atoms. The predicted octanol–water partition coefficient (Wildman–Crippen LogP) is 3.00. The molecular formula is C15H14F2N2O4S. The number of nitro benzene ring substituents is 1. The summed E-state index contributed by atoms with van der Waals surface area (Å²) in [6.45, 7) is 1.29. The van der Waals surface area contributed by atoms with Crippen molar-refractivity contribution in [2.24, 2.45) is 0 Å². The molecule has 0 aliphatic heterocycles. The fourth-order valence-electron chi connectivity index (χ4n) is 2.11.